The van der Waals surface area contributed by atoms with Crippen molar-refractivity contribution in [3.05, 3.63) is 18.0 Å². The van der Waals surface area contributed by atoms with E-state index in [-0.39, 0.29) is 0 Å². The van der Waals surface area contributed by atoms with E-state index in [1.807, 2.05) is 18.7 Å². The van der Waals surface area contributed by atoms with Gasteiger partial charge in [0.2, 0.25) is 10.0 Å². The highest BCUT2D eigenvalue weighted by molar-refractivity contribution is 8.00. The molecule has 1 aromatic rings. The Kier molecular flexibility index (Phi) is 4.94. The van der Waals surface area contributed by atoms with Crippen LogP contribution in [0, 0.1) is 0 Å². The Morgan fingerprint density at radius 3 is 3.05 bits per heavy atom. The lowest BCUT2D eigenvalue weighted by Crippen LogP contribution is -2.40. The number of aromatic nitrogens is 1. The molecule has 0 aliphatic carbocycles. The van der Waals surface area contributed by atoms with Gasteiger partial charge in [0.25, 0.3) is 0 Å². The Labute approximate surface area is 119 Å². The van der Waals surface area contributed by atoms with Gasteiger partial charge < -0.3 is 10.3 Å². The number of nitrogens with zero attached hydrogens (tertiary/aromatic N) is 1. The zero-order valence-corrected chi connectivity index (χ0v) is 13.0. The van der Waals surface area contributed by atoms with Crippen LogP contribution in [0.4, 0.5) is 0 Å². The Hall–Kier alpha value is -0.500. The Morgan fingerprint density at radius 1 is 1.58 bits per heavy atom. The van der Waals surface area contributed by atoms with Crippen LogP contribution in [-0.2, 0) is 16.6 Å². The van der Waals surface area contributed by atoms with Gasteiger partial charge in [0.15, 0.2) is 0 Å². The molecule has 0 aromatic carbocycles. The molecular formula is C12H21N3O2S2. The zero-order valence-electron chi connectivity index (χ0n) is 11.3. The average Bonchev–Trinajstić information content (AvgIpc) is 2.86. The Morgan fingerprint density at radius 2 is 2.37 bits per heavy atom. The van der Waals surface area contributed by atoms with Crippen molar-refractivity contribution >= 4 is 21.8 Å². The van der Waals surface area contributed by atoms with Crippen LogP contribution in [-0.4, -0.2) is 48.3 Å². The van der Waals surface area contributed by atoms with E-state index in [9.17, 15) is 8.42 Å². The molecule has 1 unspecified atom stereocenters. The van der Waals surface area contributed by atoms with Crippen LogP contribution in [0.5, 0.6) is 0 Å². The number of sulfonamides is 1. The summed E-state index contributed by atoms with van der Waals surface area (Å²) in [6.07, 6.45) is 1.59. The molecule has 7 heteroatoms. The van der Waals surface area contributed by atoms with Crippen LogP contribution >= 0.6 is 11.8 Å². The maximum absolute atomic E-state index is 12.5. The normalized spacial score (nSPS) is 21.7. The van der Waals surface area contributed by atoms with Gasteiger partial charge in [0.1, 0.15) is 0 Å². The van der Waals surface area contributed by atoms with Gasteiger partial charge in [-0.2, -0.15) is 16.1 Å². The van der Waals surface area contributed by atoms with E-state index in [0.29, 0.717) is 29.8 Å². The summed E-state index contributed by atoms with van der Waals surface area (Å²) in [6, 6.07) is 1.73. The molecule has 2 heterocycles. The van der Waals surface area contributed by atoms with Gasteiger partial charge in [-0.1, -0.05) is 13.8 Å². The molecule has 0 radical (unpaired) electrons. The van der Waals surface area contributed by atoms with Crippen molar-refractivity contribution in [2.45, 2.75) is 30.5 Å². The quantitative estimate of drug-likeness (QED) is 0.859. The summed E-state index contributed by atoms with van der Waals surface area (Å²) in [4.78, 5) is 3.40. The smallest absolute Gasteiger partial charge is 0.244 e. The van der Waals surface area contributed by atoms with Gasteiger partial charge in [-0.05, 0) is 12.6 Å². The second-order valence-electron chi connectivity index (χ2n) is 4.69. The van der Waals surface area contributed by atoms with Crippen molar-refractivity contribution in [3.8, 4) is 0 Å². The zero-order chi connectivity index (χ0) is 13.9. The first-order valence-corrected chi connectivity index (χ1v) is 9.02. The summed E-state index contributed by atoms with van der Waals surface area (Å²) in [5, 5.41) is 3.54. The SMILES string of the molecule is CCNCc1cc(S(=O)(=O)N2CCSC(C)C2)c[nH]1. The minimum atomic E-state index is -3.34. The topological polar surface area (TPSA) is 65.2 Å². The number of rotatable bonds is 5. The number of H-pyrrole nitrogens is 1. The maximum atomic E-state index is 12.5. The van der Waals surface area contributed by atoms with E-state index in [4.69, 9.17) is 0 Å². The van der Waals surface area contributed by atoms with Crippen molar-refractivity contribution < 1.29 is 8.42 Å². The molecule has 108 valence electrons. The van der Waals surface area contributed by atoms with Crippen LogP contribution < -0.4 is 5.32 Å². The van der Waals surface area contributed by atoms with E-state index in [1.54, 1.807) is 16.6 Å². The number of nitrogens with one attached hydrogen (secondary N) is 2. The molecule has 1 atom stereocenters. The molecule has 0 saturated carbocycles. The fourth-order valence-corrected chi connectivity index (χ4v) is 4.86. The molecule has 1 aliphatic heterocycles. The van der Waals surface area contributed by atoms with Crippen molar-refractivity contribution in [2.75, 3.05) is 25.4 Å². The number of aromatic amines is 1. The molecule has 0 bridgehead atoms. The van der Waals surface area contributed by atoms with Crippen molar-refractivity contribution in [2.24, 2.45) is 0 Å². The fraction of sp³-hybridized carbons (Fsp3) is 0.667. The van der Waals surface area contributed by atoms with Crippen LogP contribution in [0.2, 0.25) is 0 Å². The van der Waals surface area contributed by atoms with Crippen LogP contribution in [0.3, 0.4) is 0 Å². The molecule has 5 nitrogen and oxygen atoms in total. The molecule has 0 spiro atoms. The molecule has 1 aromatic heterocycles. The first kappa shape index (κ1) is 14.9. The highest BCUT2D eigenvalue weighted by atomic mass is 32.2. The number of hydrogen-bond donors (Lipinski definition) is 2. The predicted octanol–water partition coefficient (Wildman–Crippen LogP) is 1.25. The van der Waals surface area contributed by atoms with Gasteiger partial charge >= 0.3 is 0 Å². The molecule has 1 aliphatic rings. The largest absolute Gasteiger partial charge is 0.363 e. The molecule has 1 saturated heterocycles. The summed E-state index contributed by atoms with van der Waals surface area (Å²) in [7, 11) is -3.34. The van der Waals surface area contributed by atoms with Crippen LogP contribution in [0.15, 0.2) is 17.2 Å². The second kappa shape index (κ2) is 6.30. The fourth-order valence-electron chi connectivity index (χ4n) is 2.08. The van der Waals surface area contributed by atoms with Gasteiger partial charge in [0.05, 0.1) is 4.90 Å². The summed E-state index contributed by atoms with van der Waals surface area (Å²) in [5.41, 5.74) is 0.903. The Bertz CT molecular complexity index is 513. The summed E-state index contributed by atoms with van der Waals surface area (Å²) >= 11 is 1.83. The first-order chi connectivity index (χ1) is 9.04. The van der Waals surface area contributed by atoms with Crippen molar-refractivity contribution in [1.82, 2.24) is 14.6 Å². The summed E-state index contributed by atoms with van der Waals surface area (Å²) < 4.78 is 26.6. The lowest BCUT2D eigenvalue weighted by atomic mass is 10.4. The third-order valence-corrected chi connectivity index (χ3v) is 6.10. The van der Waals surface area contributed by atoms with Crippen LogP contribution in [0.25, 0.3) is 0 Å². The highest BCUT2D eigenvalue weighted by Crippen LogP contribution is 2.24. The van der Waals surface area contributed by atoms with E-state index >= 15 is 0 Å². The molecule has 19 heavy (non-hydrogen) atoms. The van der Waals surface area contributed by atoms with E-state index in [0.717, 1.165) is 18.0 Å². The standard InChI is InChI=1S/C12H21N3O2S2/c1-3-13-7-11-6-12(8-14-11)19(16,17)15-4-5-18-10(2)9-15/h6,8,10,13-14H,3-5,7,9H2,1-2H3. The van der Waals surface area contributed by atoms with E-state index in [1.165, 1.54) is 0 Å². The minimum absolute atomic E-state index is 0.365. The lowest BCUT2D eigenvalue weighted by molar-refractivity contribution is 0.424. The van der Waals surface area contributed by atoms with Crippen molar-refractivity contribution in [1.29, 1.82) is 0 Å². The molecular weight excluding hydrogens is 282 g/mol. The molecule has 2 N–H and O–H groups in total. The third kappa shape index (κ3) is 3.53. The lowest BCUT2D eigenvalue weighted by Gasteiger charge is -2.29. The minimum Gasteiger partial charge on any atom is -0.363 e. The number of thioether (sulfide) groups is 1. The highest BCUT2D eigenvalue weighted by Gasteiger charge is 2.29. The molecule has 0 amide bonds. The van der Waals surface area contributed by atoms with Crippen molar-refractivity contribution in [3.63, 3.8) is 0 Å². The van der Waals surface area contributed by atoms with Crippen LogP contribution in [0.1, 0.15) is 19.5 Å². The number of hydrogen-bond acceptors (Lipinski definition) is 4. The summed E-state index contributed by atoms with van der Waals surface area (Å²) in [5.74, 6) is 0.870. The first-order valence-electron chi connectivity index (χ1n) is 6.53. The van der Waals surface area contributed by atoms with Gasteiger partial charge in [-0.3, -0.25) is 0 Å². The monoisotopic (exact) mass is 303 g/mol. The average molecular weight is 303 g/mol. The second-order valence-corrected chi connectivity index (χ2v) is 8.17. The van der Waals surface area contributed by atoms with Gasteiger partial charge in [-0.15, -0.1) is 0 Å². The van der Waals surface area contributed by atoms with Gasteiger partial charge in [-0.25, -0.2) is 8.42 Å². The third-order valence-electron chi connectivity index (χ3n) is 3.12. The van der Waals surface area contributed by atoms with E-state index in [2.05, 4.69) is 17.2 Å². The molecule has 2 rings (SSSR count). The van der Waals surface area contributed by atoms with E-state index < -0.39 is 10.0 Å². The maximum Gasteiger partial charge on any atom is 0.244 e. The van der Waals surface area contributed by atoms with Gasteiger partial charge in [0, 0.05) is 42.5 Å². The predicted molar refractivity (Wildman–Crippen MR) is 78.9 cm³/mol. The molecule has 1 fully saturated rings. The Balaban J connectivity index is 2.12. The summed E-state index contributed by atoms with van der Waals surface area (Å²) in [6.45, 7) is 6.82.